The lowest BCUT2D eigenvalue weighted by Crippen LogP contribution is -2.63. The highest BCUT2D eigenvalue weighted by Crippen LogP contribution is 2.34. The topological polar surface area (TPSA) is 15.3 Å². The summed E-state index contributed by atoms with van der Waals surface area (Å²) < 4.78 is 0. The van der Waals surface area contributed by atoms with Gasteiger partial charge in [0.1, 0.15) is 0 Å². The van der Waals surface area contributed by atoms with Crippen molar-refractivity contribution in [3.8, 4) is 0 Å². The summed E-state index contributed by atoms with van der Waals surface area (Å²) in [6.45, 7) is 13.3. The van der Waals surface area contributed by atoms with Gasteiger partial charge in [0.15, 0.2) is 0 Å². The van der Waals surface area contributed by atoms with Crippen molar-refractivity contribution in [1.29, 1.82) is 0 Å². The second kappa shape index (κ2) is 5.92. The minimum Gasteiger partial charge on any atom is -0.309 e. The maximum atomic E-state index is 3.79. The Morgan fingerprint density at radius 3 is 2.56 bits per heavy atom. The van der Waals surface area contributed by atoms with E-state index in [1.54, 1.807) is 0 Å². The first-order chi connectivity index (χ1) is 8.62. The fraction of sp³-hybridized carbons (Fsp3) is 1.00. The molecule has 1 saturated heterocycles. The molecular formula is C16H32N2. The number of nitrogens with one attached hydrogen (secondary N) is 1. The lowest BCUT2D eigenvalue weighted by Gasteiger charge is -2.49. The minimum atomic E-state index is 0.388. The number of rotatable bonds is 3. The van der Waals surface area contributed by atoms with E-state index >= 15 is 0 Å². The van der Waals surface area contributed by atoms with Gasteiger partial charge in [-0.1, -0.05) is 40.5 Å². The van der Waals surface area contributed by atoms with Gasteiger partial charge in [0.05, 0.1) is 0 Å². The van der Waals surface area contributed by atoms with Crippen LogP contribution in [0.5, 0.6) is 0 Å². The van der Waals surface area contributed by atoms with Crippen LogP contribution in [0.3, 0.4) is 0 Å². The fourth-order valence-corrected chi connectivity index (χ4v) is 4.06. The fourth-order valence-electron chi connectivity index (χ4n) is 4.06. The smallest absolute Gasteiger partial charge is 0.0304 e. The molecule has 2 nitrogen and oxygen atoms in total. The van der Waals surface area contributed by atoms with E-state index in [0.29, 0.717) is 5.54 Å². The van der Waals surface area contributed by atoms with E-state index in [1.807, 2.05) is 0 Å². The molecule has 1 heterocycles. The van der Waals surface area contributed by atoms with E-state index in [2.05, 4.69) is 37.9 Å². The van der Waals surface area contributed by atoms with Gasteiger partial charge in [0.2, 0.25) is 0 Å². The zero-order valence-electron chi connectivity index (χ0n) is 12.8. The lowest BCUT2D eigenvalue weighted by atomic mass is 9.76. The molecule has 2 fully saturated rings. The van der Waals surface area contributed by atoms with E-state index in [4.69, 9.17) is 0 Å². The summed E-state index contributed by atoms with van der Waals surface area (Å²) in [6, 6.07) is 0.841. The second-order valence-electron chi connectivity index (χ2n) is 6.72. The van der Waals surface area contributed by atoms with Crippen LogP contribution in [0.15, 0.2) is 0 Å². The van der Waals surface area contributed by atoms with E-state index in [0.717, 1.165) is 17.9 Å². The van der Waals surface area contributed by atoms with Gasteiger partial charge in [-0.15, -0.1) is 0 Å². The van der Waals surface area contributed by atoms with Crippen molar-refractivity contribution in [2.75, 3.05) is 19.6 Å². The van der Waals surface area contributed by atoms with Gasteiger partial charge in [-0.05, 0) is 31.1 Å². The zero-order valence-corrected chi connectivity index (χ0v) is 12.8. The molecule has 2 heteroatoms. The normalized spacial score (nSPS) is 37.7. The summed E-state index contributed by atoms with van der Waals surface area (Å²) >= 11 is 0. The Bertz CT molecular complexity index is 260. The number of piperazine rings is 1. The van der Waals surface area contributed by atoms with Gasteiger partial charge in [0, 0.05) is 31.2 Å². The maximum absolute atomic E-state index is 3.79. The van der Waals surface area contributed by atoms with Crippen molar-refractivity contribution in [1.82, 2.24) is 10.2 Å². The van der Waals surface area contributed by atoms with Gasteiger partial charge >= 0.3 is 0 Å². The Labute approximate surface area is 114 Å². The van der Waals surface area contributed by atoms with Gasteiger partial charge < -0.3 is 5.32 Å². The van der Waals surface area contributed by atoms with Crippen molar-refractivity contribution in [3.63, 3.8) is 0 Å². The van der Waals surface area contributed by atoms with Gasteiger partial charge in [-0.25, -0.2) is 0 Å². The summed E-state index contributed by atoms with van der Waals surface area (Å²) in [5, 5.41) is 3.79. The van der Waals surface area contributed by atoms with Crippen molar-refractivity contribution >= 4 is 0 Å². The highest BCUT2D eigenvalue weighted by atomic mass is 15.2. The molecule has 0 aromatic heterocycles. The second-order valence-corrected chi connectivity index (χ2v) is 6.72. The molecule has 2 aliphatic rings. The van der Waals surface area contributed by atoms with Crippen LogP contribution in [0.25, 0.3) is 0 Å². The standard InChI is InChI=1S/C16H32N2/c1-5-16(6-2)12-18(11-10-17-16)15-9-7-8-13(3)14(15)4/h13-15,17H,5-12H2,1-4H3. The van der Waals surface area contributed by atoms with Crippen LogP contribution < -0.4 is 5.32 Å². The predicted octanol–water partition coefficient (Wildman–Crippen LogP) is 3.28. The first kappa shape index (κ1) is 14.3. The van der Waals surface area contributed by atoms with Crippen molar-refractivity contribution < 1.29 is 0 Å². The summed E-state index contributed by atoms with van der Waals surface area (Å²) in [4.78, 5) is 2.81. The van der Waals surface area contributed by atoms with Crippen LogP contribution in [0.2, 0.25) is 0 Å². The quantitative estimate of drug-likeness (QED) is 0.829. The number of hydrogen-bond acceptors (Lipinski definition) is 2. The highest BCUT2D eigenvalue weighted by molar-refractivity contribution is 4.96. The summed E-state index contributed by atoms with van der Waals surface area (Å²) in [5.41, 5.74) is 0.388. The van der Waals surface area contributed by atoms with Crippen molar-refractivity contribution in [3.05, 3.63) is 0 Å². The summed E-state index contributed by atoms with van der Waals surface area (Å²) in [7, 11) is 0. The molecule has 0 spiro atoms. The molecule has 106 valence electrons. The molecule has 1 aliphatic carbocycles. The van der Waals surface area contributed by atoms with Crippen LogP contribution in [-0.4, -0.2) is 36.1 Å². The predicted molar refractivity (Wildman–Crippen MR) is 78.9 cm³/mol. The SMILES string of the molecule is CCC1(CC)CN(C2CCCC(C)C2C)CCN1. The minimum absolute atomic E-state index is 0.388. The third-order valence-electron chi connectivity index (χ3n) is 5.89. The molecule has 0 aromatic carbocycles. The Kier molecular flexibility index (Phi) is 4.71. The van der Waals surface area contributed by atoms with Crippen molar-refractivity contribution in [2.24, 2.45) is 11.8 Å². The average Bonchev–Trinajstić information content (AvgIpc) is 2.42. The average molecular weight is 252 g/mol. The van der Waals surface area contributed by atoms with E-state index in [9.17, 15) is 0 Å². The third kappa shape index (κ3) is 2.75. The van der Waals surface area contributed by atoms with Crippen LogP contribution in [-0.2, 0) is 0 Å². The molecule has 1 N–H and O–H groups in total. The monoisotopic (exact) mass is 252 g/mol. The Balaban J connectivity index is 2.04. The van der Waals surface area contributed by atoms with Gasteiger partial charge in [0.25, 0.3) is 0 Å². The van der Waals surface area contributed by atoms with Crippen LogP contribution in [0.1, 0.15) is 59.8 Å². The number of nitrogens with zero attached hydrogens (tertiary/aromatic N) is 1. The van der Waals surface area contributed by atoms with E-state index in [-0.39, 0.29) is 0 Å². The molecule has 3 atom stereocenters. The lowest BCUT2D eigenvalue weighted by molar-refractivity contribution is 0.0285. The summed E-state index contributed by atoms with van der Waals surface area (Å²) in [6.07, 6.45) is 6.82. The number of hydrogen-bond donors (Lipinski definition) is 1. The molecule has 0 amide bonds. The largest absolute Gasteiger partial charge is 0.309 e. The molecule has 0 radical (unpaired) electrons. The molecule has 18 heavy (non-hydrogen) atoms. The van der Waals surface area contributed by atoms with Crippen LogP contribution in [0.4, 0.5) is 0 Å². The van der Waals surface area contributed by atoms with Crippen LogP contribution >= 0.6 is 0 Å². The molecular weight excluding hydrogens is 220 g/mol. The Morgan fingerprint density at radius 2 is 1.89 bits per heavy atom. The molecule has 0 bridgehead atoms. The third-order valence-corrected chi connectivity index (χ3v) is 5.89. The highest BCUT2D eigenvalue weighted by Gasteiger charge is 2.38. The maximum Gasteiger partial charge on any atom is 0.0304 e. The Morgan fingerprint density at radius 1 is 1.17 bits per heavy atom. The molecule has 1 aliphatic heterocycles. The first-order valence-corrected chi connectivity index (χ1v) is 8.11. The van der Waals surface area contributed by atoms with Gasteiger partial charge in [-0.2, -0.15) is 0 Å². The molecule has 3 unspecified atom stereocenters. The Hall–Kier alpha value is -0.0800. The molecule has 1 saturated carbocycles. The van der Waals surface area contributed by atoms with Crippen LogP contribution in [0, 0.1) is 11.8 Å². The van der Waals surface area contributed by atoms with Crippen molar-refractivity contribution in [2.45, 2.75) is 71.4 Å². The van der Waals surface area contributed by atoms with E-state index < -0.39 is 0 Å². The molecule has 2 rings (SSSR count). The van der Waals surface area contributed by atoms with Gasteiger partial charge in [-0.3, -0.25) is 4.90 Å². The summed E-state index contributed by atoms with van der Waals surface area (Å²) in [5.74, 6) is 1.79. The zero-order chi connectivity index (χ0) is 13.2. The van der Waals surface area contributed by atoms with E-state index in [1.165, 1.54) is 51.7 Å². The molecule has 0 aromatic rings. The first-order valence-electron chi connectivity index (χ1n) is 8.11.